The van der Waals surface area contributed by atoms with Crippen LogP contribution in [0.5, 0.6) is 5.75 Å². The standard InChI is InChI=1S/C13H16FN3O/c1-17-8-10(7-15)16-13(17)6-9-3-4-12(18-2)11(14)5-9/h3-5,8H,6-7,15H2,1-2H3. The summed E-state index contributed by atoms with van der Waals surface area (Å²) in [6, 6.07) is 4.92. The Hall–Kier alpha value is -1.88. The number of benzene rings is 1. The van der Waals surface area contributed by atoms with Crippen LogP contribution in [0.2, 0.25) is 0 Å². The van der Waals surface area contributed by atoms with Crippen LogP contribution >= 0.6 is 0 Å². The largest absolute Gasteiger partial charge is 0.494 e. The van der Waals surface area contributed by atoms with Crippen LogP contribution in [-0.4, -0.2) is 16.7 Å². The first-order valence-electron chi connectivity index (χ1n) is 5.67. The lowest BCUT2D eigenvalue weighted by Crippen LogP contribution is -2.00. The minimum absolute atomic E-state index is 0.251. The first-order chi connectivity index (χ1) is 8.63. The van der Waals surface area contributed by atoms with Gasteiger partial charge in [0.1, 0.15) is 5.82 Å². The number of aryl methyl sites for hydroxylation is 1. The van der Waals surface area contributed by atoms with Gasteiger partial charge in [0.05, 0.1) is 12.8 Å². The molecule has 5 heteroatoms. The second-order valence-electron chi connectivity index (χ2n) is 4.11. The van der Waals surface area contributed by atoms with Crippen molar-refractivity contribution in [2.45, 2.75) is 13.0 Å². The molecule has 2 N–H and O–H groups in total. The molecule has 0 aliphatic heterocycles. The lowest BCUT2D eigenvalue weighted by Gasteiger charge is -2.05. The molecule has 0 saturated carbocycles. The first-order valence-corrected chi connectivity index (χ1v) is 5.67. The predicted octanol–water partition coefficient (Wildman–Crippen LogP) is 1.62. The van der Waals surface area contributed by atoms with Gasteiger partial charge in [-0.2, -0.15) is 0 Å². The van der Waals surface area contributed by atoms with Crippen molar-refractivity contribution in [2.75, 3.05) is 7.11 Å². The Kier molecular flexibility index (Phi) is 3.62. The number of ether oxygens (including phenoxy) is 1. The Labute approximate surface area is 105 Å². The van der Waals surface area contributed by atoms with Gasteiger partial charge in [-0.05, 0) is 17.7 Å². The highest BCUT2D eigenvalue weighted by Crippen LogP contribution is 2.19. The van der Waals surface area contributed by atoms with E-state index in [4.69, 9.17) is 10.5 Å². The summed E-state index contributed by atoms with van der Waals surface area (Å²) >= 11 is 0. The summed E-state index contributed by atoms with van der Waals surface area (Å²) in [6.45, 7) is 0.408. The minimum atomic E-state index is -0.358. The lowest BCUT2D eigenvalue weighted by atomic mass is 10.1. The number of halogens is 1. The smallest absolute Gasteiger partial charge is 0.165 e. The average molecular weight is 249 g/mol. The molecule has 1 aromatic carbocycles. The molecule has 0 aliphatic rings. The fraction of sp³-hybridized carbons (Fsp3) is 0.308. The molecule has 18 heavy (non-hydrogen) atoms. The van der Waals surface area contributed by atoms with Gasteiger partial charge < -0.3 is 15.0 Å². The lowest BCUT2D eigenvalue weighted by molar-refractivity contribution is 0.386. The fourth-order valence-corrected chi connectivity index (χ4v) is 1.84. The maximum atomic E-state index is 13.6. The molecule has 0 amide bonds. The van der Waals surface area contributed by atoms with Gasteiger partial charge in [-0.25, -0.2) is 9.37 Å². The monoisotopic (exact) mass is 249 g/mol. The molecule has 0 saturated heterocycles. The highest BCUT2D eigenvalue weighted by Gasteiger charge is 2.08. The number of rotatable bonds is 4. The quantitative estimate of drug-likeness (QED) is 0.895. The van der Waals surface area contributed by atoms with E-state index in [9.17, 15) is 4.39 Å². The molecule has 0 bridgehead atoms. The van der Waals surface area contributed by atoms with E-state index in [-0.39, 0.29) is 11.6 Å². The molecule has 1 heterocycles. The van der Waals surface area contributed by atoms with Crippen molar-refractivity contribution in [1.82, 2.24) is 9.55 Å². The molecular formula is C13H16FN3O. The number of methoxy groups -OCH3 is 1. The number of hydrogen-bond acceptors (Lipinski definition) is 3. The van der Waals surface area contributed by atoms with E-state index < -0.39 is 0 Å². The van der Waals surface area contributed by atoms with Gasteiger partial charge in [-0.1, -0.05) is 6.07 Å². The van der Waals surface area contributed by atoms with Crippen molar-refractivity contribution in [3.8, 4) is 5.75 Å². The third kappa shape index (κ3) is 2.51. The van der Waals surface area contributed by atoms with Crippen LogP contribution in [0.25, 0.3) is 0 Å². The minimum Gasteiger partial charge on any atom is -0.494 e. The highest BCUT2D eigenvalue weighted by atomic mass is 19.1. The van der Waals surface area contributed by atoms with Crippen molar-refractivity contribution in [2.24, 2.45) is 12.8 Å². The molecule has 0 fully saturated rings. The molecule has 0 unspecified atom stereocenters. The fourth-order valence-electron chi connectivity index (χ4n) is 1.84. The molecule has 0 atom stereocenters. The zero-order valence-electron chi connectivity index (χ0n) is 10.5. The number of nitrogens with two attached hydrogens (primary N) is 1. The van der Waals surface area contributed by atoms with Crippen LogP contribution in [0.1, 0.15) is 17.1 Å². The summed E-state index contributed by atoms with van der Waals surface area (Å²) in [6.07, 6.45) is 2.45. The molecule has 2 aromatic rings. The molecule has 0 spiro atoms. The Morgan fingerprint density at radius 1 is 1.44 bits per heavy atom. The Balaban J connectivity index is 2.22. The van der Waals surface area contributed by atoms with Gasteiger partial charge >= 0.3 is 0 Å². The molecule has 0 radical (unpaired) electrons. The second kappa shape index (κ2) is 5.18. The Morgan fingerprint density at radius 3 is 2.78 bits per heavy atom. The zero-order chi connectivity index (χ0) is 13.1. The van der Waals surface area contributed by atoms with Crippen molar-refractivity contribution in [3.05, 3.63) is 47.3 Å². The number of hydrogen-bond donors (Lipinski definition) is 1. The normalized spacial score (nSPS) is 10.7. The first kappa shape index (κ1) is 12.6. The van der Waals surface area contributed by atoms with E-state index in [1.165, 1.54) is 13.2 Å². The maximum absolute atomic E-state index is 13.6. The van der Waals surface area contributed by atoms with Gasteiger partial charge in [0.15, 0.2) is 11.6 Å². The van der Waals surface area contributed by atoms with E-state index in [1.54, 1.807) is 6.07 Å². The third-order valence-electron chi connectivity index (χ3n) is 2.81. The SMILES string of the molecule is COc1ccc(Cc2nc(CN)cn2C)cc1F. The summed E-state index contributed by atoms with van der Waals surface area (Å²) in [5, 5.41) is 0. The van der Waals surface area contributed by atoms with Crippen molar-refractivity contribution < 1.29 is 9.13 Å². The third-order valence-corrected chi connectivity index (χ3v) is 2.81. The average Bonchev–Trinajstić information content (AvgIpc) is 2.70. The molecule has 96 valence electrons. The van der Waals surface area contributed by atoms with Crippen molar-refractivity contribution in [3.63, 3.8) is 0 Å². The second-order valence-corrected chi connectivity index (χ2v) is 4.11. The molecule has 2 rings (SSSR count). The van der Waals surface area contributed by atoms with E-state index >= 15 is 0 Å². The van der Waals surface area contributed by atoms with Gasteiger partial charge in [-0.15, -0.1) is 0 Å². The summed E-state index contributed by atoms with van der Waals surface area (Å²) < 4.78 is 20.3. The maximum Gasteiger partial charge on any atom is 0.165 e. The van der Waals surface area contributed by atoms with Crippen molar-refractivity contribution >= 4 is 0 Å². The summed E-state index contributed by atoms with van der Waals surface area (Å²) in [7, 11) is 3.35. The van der Waals surface area contributed by atoms with E-state index in [0.717, 1.165) is 17.1 Å². The van der Waals surface area contributed by atoms with Crippen LogP contribution < -0.4 is 10.5 Å². The van der Waals surface area contributed by atoms with Crippen LogP contribution in [-0.2, 0) is 20.0 Å². The van der Waals surface area contributed by atoms with Gasteiger partial charge in [0.25, 0.3) is 0 Å². The topological polar surface area (TPSA) is 53.1 Å². The van der Waals surface area contributed by atoms with Crippen LogP contribution in [0.3, 0.4) is 0 Å². The molecular weight excluding hydrogens is 233 g/mol. The van der Waals surface area contributed by atoms with E-state index in [0.29, 0.717) is 13.0 Å². The van der Waals surface area contributed by atoms with Crippen LogP contribution in [0.4, 0.5) is 4.39 Å². The van der Waals surface area contributed by atoms with Gasteiger partial charge in [0.2, 0.25) is 0 Å². The van der Waals surface area contributed by atoms with E-state index in [1.807, 2.05) is 23.9 Å². The highest BCUT2D eigenvalue weighted by molar-refractivity contribution is 5.31. The van der Waals surface area contributed by atoms with Crippen LogP contribution in [0.15, 0.2) is 24.4 Å². The zero-order valence-corrected chi connectivity index (χ0v) is 10.5. The summed E-state index contributed by atoms with van der Waals surface area (Å²) in [4.78, 5) is 4.38. The number of aromatic nitrogens is 2. The molecule has 0 aliphatic carbocycles. The molecule has 1 aromatic heterocycles. The van der Waals surface area contributed by atoms with Crippen molar-refractivity contribution in [1.29, 1.82) is 0 Å². The number of imidazole rings is 1. The predicted molar refractivity (Wildman–Crippen MR) is 66.9 cm³/mol. The van der Waals surface area contributed by atoms with Gasteiger partial charge in [-0.3, -0.25) is 0 Å². The van der Waals surface area contributed by atoms with Crippen LogP contribution in [0, 0.1) is 5.82 Å². The van der Waals surface area contributed by atoms with E-state index in [2.05, 4.69) is 4.98 Å². The summed E-state index contributed by atoms with van der Waals surface area (Å²) in [5.74, 6) is 0.754. The molecule has 4 nitrogen and oxygen atoms in total. The Morgan fingerprint density at radius 2 is 2.22 bits per heavy atom. The number of nitrogens with zero attached hydrogens (tertiary/aromatic N) is 2. The Bertz CT molecular complexity index is 551. The summed E-state index contributed by atoms with van der Waals surface area (Å²) in [5.41, 5.74) is 7.22. The van der Waals surface area contributed by atoms with Gasteiger partial charge in [0, 0.05) is 26.2 Å².